The van der Waals surface area contributed by atoms with E-state index in [-0.39, 0.29) is 18.5 Å². The number of nitrogens with one attached hydrogen (secondary N) is 1. The molecule has 0 spiro atoms. The predicted octanol–water partition coefficient (Wildman–Crippen LogP) is -0.470. The summed E-state index contributed by atoms with van der Waals surface area (Å²) in [6.07, 6.45) is -0.958. The Balaban J connectivity index is 2.16. The van der Waals surface area contributed by atoms with Crippen LogP contribution in [0.15, 0.2) is 24.3 Å². The maximum Gasteiger partial charge on any atom is 0.247 e. The number of anilines is 1. The summed E-state index contributed by atoms with van der Waals surface area (Å²) >= 11 is 0. The minimum atomic E-state index is -1.25. The van der Waals surface area contributed by atoms with E-state index in [9.17, 15) is 14.7 Å². The van der Waals surface area contributed by atoms with Crippen molar-refractivity contribution < 1.29 is 14.7 Å². The number of nitrogens with zero attached hydrogens (tertiary/aromatic N) is 1. The van der Waals surface area contributed by atoms with Gasteiger partial charge in [0, 0.05) is 31.7 Å². The number of aliphatic hydroxyl groups excluding tert-OH is 1. The quantitative estimate of drug-likeness (QED) is 0.684. The Morgan fingerprint density at radius 1 is 1.58 bits per heavy atom. The van der Waals surface area contributed by atoms with Gasteiger partial charge in [0.1, 0.15) is 6.10 Å². The largest absolute Gasteiger partial charge is 0.382 e. The highest BCUT2D eigenvalue weighted by molar-refractivity contribution is 5.96. The molecule has 0 aromatic heterocycles. The molecular weight excluding hydrogens is 246 g/mol. The second-order valence-electron chi connectivity index (χ2n) is 4.59. The zero-order chi connectivity index (χ0) is 14.0. The maximum atomic E-state index is 11.9. The summed E-state index contributed by atoms with van der Waals surface area (Å²) in [6.45, 7) is 0.0331. The highest BCUT2D eigenvalue weighted by Crippen LogP contribution is 2.33. The number of hydrogen-bond acceptors (Lipinski definition) is 4. The van der Waals surface area contributed by atoms with Gasteiger partial charge in [-0.15, -0.1) is 0 Å². The molecule has 0 fully saturated rings. The normalized spacial score (nSPS) is 20.0. The number of amides is 2. The molecular formula is C13H17N3O3. The molecule has 1 aromatic rings. The van der Waals surface area contributed by atoms with Gasteiger partial charge in [0.05, 0.1) is 0 Å². The van der Waals surface area contributed by atoms with Crippen LogP contribution in [0.25, 0.3) is 0 Å². The Morgan fingerprint density at radius 2 is 2.26 bits per heavy atom. The van der Waals surface area contributed by atoms with Crippen LogP contribution in [0.1, 0.15) is 18.0 Å². The van der Waals surface area contributed by atoms with E-state index in [1.807, 2.05) is 24.3 Å². The Hall–Kier alpha value is -1.92. The fourth-order valence-electron chi connectivity index (χ4n) is 2.18. The molecule has 1 aliphatic heterocycles. The first kappa shape index (κ1) is 13.5. The third kappa shape index (κ3) is 2.74. The van der Waals surface area contributed by atoms with Gasteiger partial charge in [0.25, 0.3) is 0 Å². The van der Waals surface area contributed by atoms with Crippen molar-refractivity contribution in [2.24, 2.45) is 5.73 Å². The van der Waals surface area contributed by atoms with Crippen LogP contribution in [0, 0.1) is 0 Å². The molecule has 2 atom stereocenters. The van der Waals surface area contributed by atoms with Crippen molar-refractivity contribution in [3.63, 3.8) is 0 Å². The zero-order valence-electron chi connectivity index (χ0n) is 10.7. The lowest BCUT2D eigenvalue weighted by atomic mass is 9.96. The molecule has 0 saturated heterocycles. The molecule has 0 saturated carbocycles. The van der Waals surface area contributed by atoms with Crippen molar-refractivity contribution in [2.45, 2.75) is 18.6 Å². The van der Waals surface area contributed by atoms with E-state index < -0.39 is 12.0 Å². The third-order valence-electron chi connectivity index (χ3n) is 3.31. The van der Waals surface area contributed by atoms with Gasteiger partial charge >= 0.3 is 0 Å². The van der Waals surface area contributed by atoms with Crippen LogP contribution in [0.4, 0.5) is 5.69 Å². The summed E-state index contributed by atoms with van der Waals surface area (Å²) in [6, 6.07) is 7.33. The minimum absolute atomic E-state index is 0.00948. The van der Waals surface area contributed by atoms with Crippen LogP contribution in [0.5, 0.6) is 0 Å². The molecule has 19 heavy (non-hydrogen) atoms. The summed E-state index contributed by atoms with van der Waals surface area (Å²) in [5.74, 6) is -0.787. The molecule has 4 N–H and O–H groups in total. The molecule has 1 aromatic carbocycles. The monoisotopic (exact) mass is 263 g/mol. The SMILES string of the molecule is CN1C(=O)CC(NCC(O)C(N)=O)c2ccccc21. The third-order valence-corrected chi connectivity index (χ3v) is 3.31. The van der Waals surface area contributed by atoms with Gasteiger partial charge in [0.2, 0.25) is 11.8 Å². The molecule has 102 valence electrons. The van der Waals surface area contributed by atoms with Crippen molar-refractivity contribution in [1.82, 2.24) is 5.32 Å². The van der Waals surface area contributed by atoms with Gasteiger partial charge in [-0.2, -0.15) is 0 Å². The number of fused-ring (bicyclic) bond motifs is 1. The highest BCUT2D eigenvalue weighted by atomic mass is 16.3. The van der Waals surface area contributed by atoms with Crippen molar-refractivity contribution in [1.29, 1.82) is 0 Å². The number of aliphatic hydroxyl groups is 1. The second kappa shape index (κ2) is 5.38. The first-order valence-electron chi connectivity index (χ1n) is 6.07. The number of nitrogens with two attached hydrogens (primary N) is 1. The number of benzene rings is 1. The molecule has 6 nitrogen and oxygen atoms in total. The Bertz CT molecular complexity index is 504. The van der Waals surface area contributed by atoms with Crippen LogP contribution >= 0.6 is 0 Å². The van der Waals surface area contributed by atoms with E-state index in [1.54, 1.807) is 11.9 Å². The lowest BCUT2D eigenvalue weighted by Gasteiger charge is -2.32. The lowest BCUT2D eigenvalue weighted by molar-refractivity contribution is -0.125. The smallest absolute Gasteiger partial charge is 0.247 e. The fourth-order valence-corrected chi connectivity index (χ4v) is 2.18. The summed E-state index contributed by atoms with van der Waals surface area (Å²) in [5, 5.41) is 12.4. The number of rotatable bonds is 4. The van der Waals surface area contributed by atoms with Crippen LogP contribution in [0.2, 0.25) is 0 Å². The Labute approximate surface area is 111 Å². The summed E-state index contributed by atoms with van der Waals surface area (Å²) in [5.41, 5.74) is 6.80. The molecule has 6 heteroatoms. The maximum absolute atomic E-state index is 11.9. The molecule has 0 aliphatic carbocycles. The fraction of sp³-hybridized carbons (Fsp3) is 0.385. The van der Waals surface area contributed by atoms with E-state index in [4.69, 9.17) is 5.73 Å². The summed E-state index contributed by atoms with van der Waals surface area (Å²) in [7, 11) is 1.73. The zero-order valence-corrected chi connectivity index (χ0v) is 10.7. The van der Waals surface area contributed by atoms with Crippen LogP contribution < -0.4 is 16.0 Å². The molecule has 1 aliphatic rings. The predicted molar refractivity (Wildman–Crippen MR) is 70.4 cm³/mol. The molecule has 2 rings (SSSR count). The Morgan fingerprint density at radius 3 is 2.95 bits per heavy atom. The lowest BCUT2D eigenvalue weighted by Crippen LogP contribution is -2.43. The van der Waals surface area contributed by atoms with Crippen LogP contribution in [-0.2, 0) is 9.59 Å². The second-order valence-corrected chi connectivity index (χ2v) is 4.59. The number of primary amides is 1. The summed E-state index contributed by atoms with van der Waals surface area (Å²) < 4.78 is 0. The van der Waals surface area contributed by atoms with E-state index in [1.165, 1.54) is 0 Å². The molecule has 1 heterocycles. The molecule has 2 amide bonds. The molecule has 0 radical (unpaired) electrons. The van der Waals surface area contributed by atoms with Gasteiger partial charge in [-0.05, 0) is 11.6 Å². The number of hydrogen-bond donors (Lipinski definition) is 3. The van der Waals surface area contributed by atoms with Crippen molar-refractivity contribution in [3.8, 4) is 0 Å². The van der Waals surface area contributed by atoms with E-state index in [2.05, 4.69) is 5.32 Å². The highest BCUT2D eigenvalue weighted by Gasteiger charge is 2.29. The van der Waals surface area contributed by atoms with Gasteiger partial charge < -0.3 is 21.1 Å². The number of carbonyl (C=O) groups is 2. The first-order valence-corrected chi connectivity index (χ1v) is 6.07. The number of carbonyl (C=O) groups excluding carboxylic acids is 2. The topological polar surface area (TPSA) is 95.7 Å². The van der Waals surface area contributed by atoms with Gasteiger partial charge in [-0.3, -0.25) is 9.59 Å². The van der Waals surface area contributed by atoms with E-state index in [0.717, 1.165) is 11.3 Å². The standard InChI is InChI=1S/C13H17N3O3/c1-16-10-5-3-2-4-8(10)9(6-12(16)18)15-7-11(17)13(14)19/h2-5,9,11,15,17H,6-7H2,1H3,(H2,14,19). The van der Waals surface area contributed by atoms with Crippen molar-refractivity contribution in [2.75, 3.05) is 18.5 Å². The average molecular weight is 263 g/mol. The van der Waals surface area contributed by atoms with Gasteiger partial charge in [-0.25, -0.2) is 0 Å². The average Bonchev–Trinajstić information content (AvgIpc) is 2.40. The Kier molecular flexibility index (Phi) is 3.82. The van der Waals surface area contributed by atoms with Crippen molar-refractivity contribution in [3.05, 3.63) is 29.8 Å². The van der Waals surface area contributed by atoms with Gasteiger partial charge in [-0.1, -0.05) is 18.2 Å². The van der Waals surface area contributed by atoms with E-state index >= 15 is 0 Å². The molecule has 2 unspecified atom stereocenters. The molecule has 0 bridgehead atoms. The number of para-hydroxylation sites is 1. The minimum Gasteiger partial charge on any atom is -0.382 e. The van der Waals surface area contributed by atoms with E-state index in [0.29, 0.717) is 6.42 Å². The van der Waals surface area contributed by atoms with Crippen LogP contribution in [-0.4, -0.2) is 36.6 Å². The van der Waals surface area contributed by atoms with Gasteiger partial charge in [0.15, 0.2) is 0 Å². The first-order chi connectivity index (χ1) is 9.00. The van der Waals surface area contributed by atoms with Crippen LogP contribution in [0.3, 0.4) is 0 Å². The summed E-state index contributed by atoms with van der Waals surface area (Å²) in [4.78, 5) is 24.3. The van der Waals surface area contributed by atoms with Crippen molar-refractivity contribution >= 4 is 17.5 Å².